The number of nitrogens with zero attached hydrogens (tertiary/aromatic N) is 1. The molecule has 0 spiro atoms. The van der Waals surface area contributed by atoms with Crippen molar-refractivity contribution in [3.63, 3.8) is 0 Å². The van der Waals surface area contributed by atoms with E-state index in [1.54, 1.807) is 30.1 Å². The Labute approximate surface area is 89.3 Å². The SMILES string of the molecule is C#CCN(C)CC(O)c1ccccc1F. The molecule has 1 unspecified atom stereocenters. The van der Waals surface area contributed by atoms with Crippen molar-refractivity contribution >= 4 is 0 Å². The standard InChI is InChI=1S/C12H14FNO/c1-3-8-14(2)9-12(15)10-6-4-5-7-11(10)13/h1,4-7,12,15H,8-9H2,2H3. The van der Waals surface area contributed by atoms with Gasteiger partial charge in [-0.05, 0) is 13.1 Å². The van der Waals surface area contributed by atoms with Gasteiger partial charge in [0.05, 0.1) is 12.6 Å². The summed E-state index contributed by atoms with van der Waals surface area (Å²) in [7, 11) is 1.78. The molecule has 2 nitrogen and oxygen atoms in total. The van der Waals surface area contributed by atoms with Gasteiger partial charge in [0, 0.05) is 12.1 Å². The van der Waals surface area contributed by atoms with Gasteiger partial charge in [-0.1, -0.05) is 24.1 Å². The molecule has 1 aromatic carbocycles. The molecular weight excluding hydrogens is 193 g/mol. The van der Waals surface area contributed by atoms with Crippen LogP contribution >= 0.6 is 0 Å². The molecule has 80 valence electrons. The Morgan fingerprint density at radius 2 is 2.20 bits per heavy atom. The molecule has 0 aromatic heterocycles. The maximum Gasteiger partial charge on any atom is 0.129 e. The van der Waals surface area contributed by atoms with E-state index in [2.05, 4.69) is 5.92 Å². The second-order valence-corrected chi connectivity index (χ2v) is 3.44. The number of hydrogen-bond donors (Lipinski definition) is 1. The fourth-order valence-electron chi connectivity index (χ4n) is 1.36. The maximum atomic E-state index is 13.3. The van der Waals surface area contributed by atoms with Gasteiger partial charge in [0.15, 0.2) is 0 Å². The lowest BCUT2D eigenvalue weighted by molar-refractivity contribution is 0.129. The Morgan fingerprint density at radius 1 is 1.53 bits per heavy atom. The van der Waals surface area contributed by atoms with Gasteiger partial charge in [0.2, 0.25) is 0 Å². The third-order valence-corrected chi connectivity index (χ3v) is 2.11. The molecule has 0 saturated carbocycles. The van der Waals surface area contributed by atoms with Crippen LogP contribution in [-0.2, 0) is 0 Å². The molecule has 0 radical (unpaired) electrons. The number of hydrogen-bond acceptors (Lipinski definition) is 2. The van der Waals surface area contributed by atoms with Gasteiger partial charge in [-0.3, -0.25) is 4.90 Å². The largest absolute Gasteiger partial charge is 0.387 e. The van der Waals surface area contributed by atoms with Gasteiger partial charge in [-0.2, -0.15) is 0 Å². The van der Waals surface area contributed by atoms with E-state index in [0.29, 0.717) is 18.7 Å². The zero-order valence-corrected chi connectivity index (χ0v) is 8.65. The highest BCUT2D eigenvalue weighted by Crippen LogP contribution is 2.16. The average Bonchev–Trinajstić information content (AvgIpc) is 2.18. The number of likely N-dealkylation sites (N-methyl/N-ethyl adjacent to an activating group) is 1. The van der Waals surface area contributed by atoms with Crippen LogP contribution in [0.25, 0.3) is 0 Å². The van der Waals surface area contributed by atoms with E-state index in [1.165, 1.54) is 6.07 Å². The first kappa shape index (κ1) is 11.7. The quantitative estimate of drug-likeness (QED) is 0.755. The molecule has 3 heteroatoms. The maximum absolute atomic E-state index is 13.3. The van der Waals surface area contributed by atoms with Crippen molar-refractivity contribution in [1.29, 1.82) is 0 Å². The lowest BCUT2D eigenvalue weighted by Crippen LogP contribution is -2.25. The summed E-state index contributed by atoms with van der Waals surface area (Å²) < 4.78 is 13.3. The van der Waals surface area contributed by atoms with Crippen molar-refractivity contribution in [1.82, 2.24) is 4.90 Å². The summed E-state index contributed by atoms with van der Waals surface area (Å²) in [6.45, 7) is 0.761. The van der Waals surface area contributed by atoms with Crippen LogP contribution in [0.3, 0.4) is 0 Å². The zero-order valence-electron chi connectivity index (χ0n) is 8.65. The molecule has 0 bridgehead atoms. The van der Waals surface area contributed by atoms with Crippen LogP contribution in [0.1, 0.15) is 11.7 Å². The predicted molar refractivity (Wildman–Crippen MR) is 57.7 cm³/mol. The highest BCUT2D eigenvalue weighted by atomic mass is 19.1. The summed E-state index contributed by atoms with van der Waals surface area (Å²) in [4.78, 5) is 1.76. The van der Waals surface area contributed by atoms with Gasteiger partial charge in [-0.15, -0.1) is 6.42 Å². The number of aliphatic hydroxyl groups is 1. The average molecular weight is 207 g/mol. The molecular formula is C12H14FNO. The van der Waals surface area contributed by atoms with Gasteiger partial charge in [-0.25, -0.2) is 4.39 Å². The second kappa shape index (κ2) is 5.50. The predicted octanol–water partition coefficient (Wildman–Crippen LogP) is 1.42. The monoisotopic (exact) mass is 207 g/mol. The van der Waals surface area contributed by atoms with Crippen molar-refractivity contribution in [3.8, 4) is 12.3 Å². The minimum Gasteiger partial charge on any atom is -0.387 e. The fourth-order valence-corrected chi connectivity index (χ4v) is 1.36. The Balaban J connectivity index is 2.66. The van der Waals surface area contributed by atoms with Gasteiger partial charge < -0.3 is 5.11 Å². The summed E-state index contributed by atoms with van der Waals surface area (Å²) in [5.74, 6) is 2.07. The third-order valence-electron chi connectivity index (χ3n) is 2.11. The van der Waals surface area contributed by atoms with Crippen molar-refractivity contribution in [2.75, 3.05) is 20.1 Å². The summed E-state index contributed by atoms with van der Waals surface area (Å²) >= 11 is 0. The summed E-state index contributed by atoms with van der Waals surface area (Å²) in [5.41, 5.74) is 0.307. The highest BCUT2D eigenvalue weighted by molar-refractivity contribution is 5.20. The number of terminal acetylenes is 1. The molecule has 1 rings (SSSR count). The van der Waals surface area contributed by atoms with Gasteiger partial charge >= 0.3 is 0 Å². The Hall–Kier alpha value is -1.37. The lowest BCUT2D eigenvalue weighted by atomic mass is 10.1. The molecule has 0 amide bonds. The molecule has 0 aliphatic rings. The van der Waals surface area contributed by atoms with Crippen LogP contribution in [0.2, 0.25) is 0 Å². The van der Waals surface area contributed by atoms with Crippen LogP contribution in [0.15, 0.2) is 24.3 Å². The number of rotatable bonds is 4. The lowest BCUT2D eigenvalue weighted by Gasteiger charge is -2.18. The molecule has 0 saturated heterocycles. The van der Waals surface area contributed by atoms with Crippen LogP contribution < -0.4 is 0 Å². The van der Waals surface area contributed by atoms with Crippen molar-refractivity contribution < 1.29 is 9.50 Å². The molecule has 0 aliphatic heterocycles. The van der Waals surface area contributed by atoms with Crippen LogP contribution in [0.4, 0.5) is 4.39 Å². The molecule has 0 fully saturated rings. The molecule has 1 N–H and O–H groups in total. The van der Waals surface area contributed by atoms with E-state index in [1.807, 2.05) is 0 Å². The first-order valence-corrected chi connectivity index (χ1v) is 4.69. The van der Waals surface area contributed by atoms with Crippen LogP contribution in [0.5, 0.6) is 0 Å². The minimum absolute atomic E-state index is 0.307. The van der Waals surface area contributed by atoms with Gasteiger partial charge in [0.25, 0.3) is 0 Å². The van der Waals surface area contributed by atoms with Crippen LogP contribution in [0, 0.1) is 18.2 Å². The first-order chi connectivity index (χ1) is 7.15. The number of halogens is 1. The first-order valence-electron chi connectivity index (χ1n) is 4.69. The van der Waals surface area contributed by atoms with E-state index in [-0.39, 0.29) is 5.82 Å². The number of aliphatic hydroxyl groups excluding tert-OH is 1. The molecule has 0 heterocycles. The summed E-state index contributed by atoms with van der Waals surface area (Å²) in [6.07, 6.45) is 4.28. The third kappa shape index (κ3) is 3.35. The van der Waals surface area contributed by atoms with Crippen LogP contribution in [-0.4, -0.2) is 30.1 Å². The summed E-state index contributed by atoms with van der Waals surface area (Å²) in [5, 5.41) is 9.75. The topological polar surface area (TPSA) is 23.5 Å². The summed E-state index contributed by atoms with van der Waals surface area (Å²) in [6, 6.07) is 6.20. The Bertz CT molecular complexity index is 359. The Morgan fingerprint density at radius 3 is 2.80 bits per heavy atom. The second-order valence-electron chi connectivity index (χ2n) is 3.44. The van der Waals surface area contributed by atoms with Crippen molar-refractivity contribution in [2.24, 2.45) is 0 Å². The van der Waals surface area contributed by atoms with Crippen molar-refractivity contribution in [2.45, 2.75) is 6.10 Å². The fraction of sp³-hybridized carbons (Fsp3) is 0.333. The Kier molecular flexibility index (Phi) is 4.29. The highest BCUT2D eigenvalue weighted by Gasteiger charge is 2.13. The van der Waals surface area contributed by atoms with Crippen molar-refractivity contribution in [3.05, 3.63) is 35.6 Å². The normalized spacial score (nSPS) is 12.5. The van der Waals surface area contributed by atoms with E-state index in [0.717, 1.165) is 0 Å². The van der Waals surface area contributed by atoms with Gasteiger partial charge in [0.1, 0.15) is 5.82 Å². The smallest absolute Gasteiger partial charge is 0.129 e. The van der Waals surface area contributed by atoms with E-state index < -0.39 is 6.10 Å². The van der Waals surface area contributed by atoms with E-state index in [9.17, 15) is 9.50 Å². The number of benzene rings is 1. The van der Waals surface area contributed by atoms with E-state index in [4.69, 9.17) is 6.42 Å². The molecule has 0 aliphatic carbocycles. The molecule has 1 atom stereocenters. The molecule has 15 heavy (non-hydrogen) atoms. The zero-order chi connectivity index (χ0) is 11.3. The molecule has 1 aromatic rings. The van der Waals surface area contributed by atoms with E-state index >= 15 is 0 Å². The minimum atomic E-state index is -0.843.